The smallest absolute Gasteiger partial charge is 0.311 e. The predicted molar refractivity (Wildman–Crippen MR) is 89.6 cm³/mol. The third-order valence-electron chi connectivity index (χ3n) is 3.56. The largest absolute Gasteiger partial charge is 0.493 e. The van der Waals surface area contributed by atoms with E-state index in [1.807, 2.05) is 0 Å². The van der Waals surface area contributed by atoms with E-state index in [0.717, 1.165) is 0 Å². The molecule has 0 aliphatic rings. The Morgan fingerprint density at radius 1 is 1.04 bits per heavy atom. The number of rotatable bonds is 7. The van der Waals surface area contributed by atoms with Crippen LogP contribution in [0.15, 0.2) is 48.5 Å². The maximum absolute atomic E-state index is 12.2. The molecule has 1 atom stereocenters. The molecule has 1 amide bonds. The summed E-state index contributed by atoms with van der Waals surface area (Å²) in [5, 5.41) is 12.1. The van der Waals surface area contributed by atoms with E-state index >= 15 is 0 Å². The van der Waals surface area contributed by atoms with Gasteiger partial charge in [-0.2, -0.15) is 0 Å². The molecule has 0 bridgehead atoms. The monoisotopic (exact) mass is 329 g/mol. The summed E-state index contributed by atoms with van der Waals surface area (Å²) in [7, 11) is 3.02. The quantitative estimate of drug-likeness (QED) is 0.816. The Bertz CT molecular complexity index is 715. The number of amides is 1. The van der Waals surface area contributed by atoms with E-state index in [4.69, 9.17) is 9.47 Å². The molecule has 0 radical (unpaired) electrons. The Kier molecular flexibility index (Phi) is 5.78. The maximum atomic E-state index is 12.2. The number of benzene rings is 2. The van der Waals surface area contributed by atoms with Crippen molar-refractivity contribution in [1.29, 1.82) is 0 Å². The number of methoxy groups -OCH3 is 2. The van der Waals surface area contributed by atoms with Crippen LogP contribution in [-0.2, 0) is 9.59 Å². The minimum absolute atomic E-state index is 0.159. The number of carboxylic acid groups (broad SMARTS) is 1. The van der Waals surface area contributed by atoms with Crippen molar-refractivity contribution in [3.8, 4) is 11.5 Å². The van der Waals surface area contributed by atoms with Crippen LogP contribution in [-0.4, -0.2) is 31.2 Å². The highest BCUT2D eigenvalue weighted by atomic mass is 16.5. The van der Waals surface area contributed by atoms with Gasteiger partial charge in [0.05, 0.1) is 20.1 Å². The second kappa shape index (κ2) is 8.01. The minimum atomic E-state index is -1.04. The number of hydrogen-bond donors (Lipinski definition) is 2. The zero-order valence-corrected chi connectivity index (χ0v) is 13.5. The number of aliphatic carboxylic acids is 1. The molecule has 126 valence electrons. The third kappa shape index (κ3) is 4.25. The van der Waals surface area contributed by atoms with Crippen molar-refractivity contribution in [2.75, 3.05) is 19.5 Å². The zero-order chi connectivity index (χ0) is 17.5. The Balaban J connectivity index is 2.10. The fourth-order valence-corrected chi connectivity index (χ4v) is 2.34. The number of ether oxygens (including phenoxy) is 2. The van der Waals surface area contributed by atoms with Crippen LogP contribution in [0.25, 0.3) is 0 Å². The normalized spacial score (nSPS) is 11.4. The Morgan fingerprint density at radius 2 is 1.71 bits per heavy atom. The molecule has 0 heterocycles. The second-order valence-electron chi connectivity index (χ2n) is 5.12. The first-order valence-electron chi connectivity index (χ1n) is 7.34. The summed E-state index contributed by atoms with van der Waals surface area (Å²) in [5.41, 5.74) is 1.10. The zero-order valence-electron chi connectivity index (χ0n) is 13.5. The number of anilines is 1. The topological polar surface area (TPSA) is 84.9 Å². The molecule has 2 N–H and O–H groups in total. The van der Waals surface area contributed by atoms with Gasteiger partial charge in [0.2, 0.25) is 5.91 Å². The van der Waals surface area contributed by atoms with Crippen LogP contribution in [0.4, 0.5) is 5.69 Å². The highest BCUT2D eigenvalue weighted by molar-refractivity contribution is 5.94. The van der Waals surface area contributed by atoms with Gasteiger partial charge in [-0.15, -0.1) is 0 Å². The van der Waals surface area contributed by atoms with E-state index in [1.165, 1.54) is 14.2 Å². The summed E-state index contributed by atoms with van der Waals surface area (Å²) < 4.78 is 10.3. The number of hydrogen-bond acceptors (Lipinski definition) is 4. The maximum Gasteiger partial charge on any atom is 0.311 e. The van der Waals surface area contributed by atoms with Crippen LogP contribution >= 0.6 is 0 Å². The summed E-state index contributed by atoms with van der Waals surface area (Å²) in [6.45, 7) is 0. The molecule has 0 fully saturated rings. The van der Waals surface area contributed by atoms with Gasteiger partial charge in [-0.1, -0.05) is 30.3 Å². The van der Waals surface area contributed by atoms with Crippen molar-refractivity contribution < 1.29 is 24.2 Å². The number of carboxylic acids is 1. The first-order chi connectivity index (χ1) is 11.5. The summed E-state index contributed by atoms with van der Waals surface area (Å²) in [4.78, 5) is 23.7. The van der Waals surface area contributed by atoms with Crippen molar-refractivity contribution in [2.45, 2.75) is 12.3 Å². The molecule has 2 rings (SSSR count). The van der Waals surface area contributed by atoms with Crippen LogP contribution < -0.4 is 14.8 Å². The average Bonchev–Trinajstić information content (AvgIpc) is 2.60. The first kappa shape index (κ1) is 17.3. The van der Waals surface area contributed by atoms with Crippen molar-refractivity contribution in [2.24, 2.45) is 0 Å². The molecule has 1 unspecified atom stereocenters. The molecule has 24 heavy (non-hydrogen) atoms. The molecule has 0 saturated carbocycles. The molecule has 0 saturated heterocycles. The lowest BCUT2D eigenvalue weighted by atomic mass is 9.95. The third-order valence-corrected chi connectivity index (χ3v) is 3.56. The predicted octanol–water partition coefficient (Wildman–Crippen LogP) is 2.90. The van der Waals surface area contributed by atoms with E-state index in [2.05, 4.69) is 5.32 Å². The fraction of sp³-hybridized carbons (Fsp3) is 0.222. The number of nitrogens with one attached hydrogen (secondary N) is 1. The summed E-state index contributed by atoms with van der Waals surface area (Å²) in [6, 6.07) is 13.6. The lowest BCUT2D eigenvalue weighted by Gasteiger charge is -2.14. The molecule has 0 aliphatic heterocycles. The Labute approximate surface area is 140 Å². The van der Waals surface area contributed by atoms with E-state index in [0.29, 0.717) is 22.7 Å². The standard InChI is InChI=1S/C18H19NO5/c1-23-15-9-8-13(10-16(15)24-2)19-17(20)11-14(18(21)22)12-6-4-3-5-7-12/h3-10,14H,11H2,1-2H3,(H,19,20)(H,21,22). The van der Waals surface area contributed by atoms with Gasteiger partial charge in [0.1, 0.15) is 0 Å². The highest BCUT2D eigenvalue weighted by Gasteiger charge is 2.23. The van der Waals surface area contributed by atoms with Crippen molar-refractivity contribution >= 4 is 17.6 Å². The van der Waals surface area contributed by atoms with Gasteiger partial charge in [0.15, 0.2) is 11.5 Å². The Morgan fingerprint density at radius 3 is 2.29 bits per heavy atom. The molecule has 2 aromatic rings. The second-order valence-corrected chi connectivity index (χ2v) is 5.12. The molecule has 6 nitrogen and oxygen atoms in total. The molecular weight excluding hydrogens is 310 g/mol. The van der Waals surface area contributed by atoms with Gasteiger partial charge in [-0.25, -0.2) is 0 Å². The number of carbonyl (C=O) groups excluding carboxylic acids is 1. The summed E-state index contributed by atoms with van der Waals surface area (Å²) >= 11 is 0. The van der Waals surface area contributed by atoms with Crippen molar-refractivity contribution in [1.82, 2.24) is 0 Å². The number of carbonyl (C=O) groups is 2. The molecular formula is C18H19NO5. The first-order valence-corrected chi connectivity index (χ1v) is 7.34. The van der Waals surface area contributed by atoms with Crippen molar-refractivity contribution in [3.05, 3.63) is 54.1 Å². The molecule has 6 heteroatoms. The van der Waals surface area contributed by atoms with Gasteiger partial charge in [0.25, 0.3) is 0 Å². The van der Waals surface area contributed by atoms with Crippen LogP contribution in [0.2, 0.25) is 0 Å². The lowest BCUT2D eigenvalue weighted by Crippen LogP contribution is -2.20. The van der Waals surface area contributed by atoms with E-state index in [1.54, 1.807) is 48.5 Å². The SMILES string of the molecule is COc1ccc(NC(=O)CC(C(=O)O)c2ccccc2)cc1OC. The van der Waals surface area contributed by atoms with Crippen LogP contribution in [0, 0.1) is 0 Å². The molecule has 2 aromatic carbocycles. The van der Waals surface area contributed by atoms with Gasteiger partial charge >= 0.3 is 5.97 Å². The van der Waals surface area contributed by atoms with Crippen molar-refractivity contribution in [3.63, 3.8) is 0 Å². The molecule has 0 spiro atoms. The fourth-order valence-electron chi connectivity index (χ4n) is 2.34. The van der Waals surface area contributed by atoms with E-state index in [-0.39, 0.29) is 6.42 Å². The summed E-state index contributed by atoms with van der Waals surface area (Å²) in [6.07, 6.45) is -0.159. The highest BCUT2D eigenvalue weighted by Crippen LogP contribution is 2.30. The average molecular weight is 329 g/mol. The van der Waals surface area contributed by atoms with Gasteiger partial charge in [-0.05, 0) is 17.7 Å². The van der Waals surface area contributed by atoms with Crippen LogP contribution in [0.1, 0.15) is 17.9 Å². The van der Waals surface area contributed by atoms with Crippen LogP contribution in [0.5, 0.6) is 11.5 Å². The minimum Gasteiger partial charge on any atom is -0.493 e. The Hall–Kier alpha value is -3.02. The molecule has 0 aliphatic carbocycles. The van der Waals surface area contributed by atoms with Gasteiger partial charge in [-0.3, -0.25) is 9.59 Å². The van der Waals surface area contributed by atoms with E-state index in [9.17, 15) is 14.7 Å². The van der Waals surface area contributed by atoms with Gasteiger partial charge < -0.3 is 19.9 Å². The lowest BCUT2D eigenvalue weighted by molar-refractivity contribution is -0.140. The van der Waals surface area contributed by atoms with E-state index < -0.39 is 17.8 Å². The van der Waals surface area contributed by atoms with Gasteiger partial charge in [0, 0.05) is 18.2 Å². The molecule has 0 aromatic heterocycles. The summed E-state index contributed by atoms with van der Waals surface area (Å²) in [5.74, 6) is -1.30. The van der Waals surface area contributed by atoms with Crippen LogP contribution in [0.3, 0.4) is 0 Å².